The summed E-state index contributed by atoms with van der Waals surface area (Å²) in [4.78, 5) is 12.2. The van der Waals surface area contributed by atoms with Crippen molar-refractivity contribution in [1.29, 1.82) is 0 Å². The van der Waals surface area contributed by atoms with Crippen LogP contribution < -0.4 is 16.4 Å². The first-order chi connectivity index (χ1) is 9.49. The van der Waals surface area contributed by atoms with Crippen molar-refractivity contribution in [3.63, 3.8) is 0 Å². The van der Waals surface area contributed by atoms with Gasteiger partial charge in [0, 0.05) is 13.2 Å². The normalized spacial score (nSPS) is 12.4. The van der Waals surface area contributed by atoms with E-state index < -0.39 is 0 Å². The second-order valence-electron chi connectivity index (χ2n) is 4.99. The number of nitrogens with zero attached hydrogens (tertiary/aromatic N) is 1. The van der Waals surface area contributed by atoms with E-state index in [1.807, 2.05) is 13.8 Å². The minimum Gasteiger partial charge on any atom is -0.383 e. The zero-order chi connectivity index (χ0) is 15.1. The van der Waals surface area contributed by atoms with Crippen LogP contribution in [0.2, 0.25) is 0 Å². The molecule has 0 saturated heterocycles. The van der Waals surface area contributed by atoms with Gasteiger partial charge >= 0.3 is 0 Å². The second kappa shape index (κ2) is 8.06. The van der Waals surface area contributed by atoms with E-state index in [2.05, 4.69) is 21.9 Å². The van der Waals surface area contributed by atoms with Crippen LogP contribution in [0.1, 0.15) is 44.0 Å². The number of nitrogen functional groups attached to an aromatic ring is 1. The molecule has 0 spiro atoms. The van der Waals surface area contributed by atoms with Gasteiger partial charge in [-0.25, -0.2) is 0 Å². The second-order valence-corrected chi connectivity index (χ2v) is 5.76. The molecule has 1 atom stereocenters. The first kappa shape index (κ1) is 16.7. The fourth-order valence-electron chi connectivity index (χ4n) is 1.89. The predicted octanol–water partition coefficient (Wildman–Crippen LogP) is 2.09. The van der Waals surface area contributed by atoms with Crippen LogP contribution in [-0.4, -0.2) is 36.1 Å². The molecule has 0 radical (unpaired) electrons. The maximum Gasteiger partial charge on any atom is 0.258 e. The van der Waals surface area contributed by atoms with Crippen molar-refractivity contribution in [2.24, 2.45) is 0 Å². The first-order valence-corrected chi connectivity index (χ1v) is 7.58. The zero-order valence-corrected chi connectivity index (χ0v) is 13.3. The Kier molecular flexibility index (Phi) is 6.74. The van der Waals surface area contributed by atoms with Gasteiger partial charge in [-0.1, -0.05) is 13.3 Å². The summed E-state index contributed by atoms with van der Waals surface area (Å²) in [7, 11) is 1.66. The number of nitrogens with one attached hydrogen (secondary N) is 2. The standard InChI is InChI=1S/C13H24N4O2S/c1-5-6-9(7-19-4)16-13-10(11(14)17-20-13)12(18)15-8(2)3/h8-9,16H,5-7H2,1-4H3,(H2,14,17)(H,15,18). The van der Waals surface area contributed by atoms with Gasteiger partial charge in [0.2, 0.25) is 0 Å². The third-order valence-electron chi connectivity index (χ3n) is 2.71. The molecule has 1 aromatic heterocycles. The number of carbonyl (C=O) groups is 1. The van der Waals surface area contributed by atoms with Crippen molar-refractivity contribution < 1.29 is 9.53 Å². The highest BCUT2D eigenvalue weighted by Gasteiger charge is 2.21. The van der Waals surface area contributed by atoms with E-state index in [0.29, 0.717) is 17.2 Å². The highest BCUT2D eigenvalue weighted by Crippen LogP contribution is 2.28. The van der Waals surface area contributed by atoms with Crippen molar-refractivity contribution >= 4 is 28.3 Å². The Morgan fingerprint density at radius 2 is 2.20 bits per heavy atom. The number of aromatic nitrogens is 1. The van der Waals surface area contributed by atoms with Gasteiger partial charge in [-0.15, -0.1) is 0 Å². The van der Waals surface area contributed by atoms with Gasteiger partial charge in [0.25, 0.3) is 5.91 Å². The van der Waals surface area contributed by atoms with Gasteiger partial charge in [-0.2, -0.15) is 4.37 Å². The summed E-state index contributed by atoms with van der Waals surface area (Å²) in [6.45, 7) is 6.51. The van der Waals surface area contributed by atoms with Crippen molar-refractivity contribution in [2.45, 2.75) is 45.7 Å². The fourth-order valence-corrected chi connectivity index (χ4v) is 2.68. The van der Waals surface area contributed by atoms with Gasteiger partial charge < -0.3 is 21.1 Å². The van der Waals surface area contributed by atoms with Crippen LogP contribution in [0.4, 0.5) is 10.8 Å². The molecular formula is C13H24N4O2S. The minimum atomic E-state index is -0.193. The molecule has 7 heteroatoms. The van der Waals surface area contributed by atoms with Crippen molar-refractivity contribution in [3.8, 4) is 0 Å². The Bertz CT molecular complexity index is 428. The molecule has 0 saturated carbocycles. The molecule has 1 heterocycles. The smallest absolute Gasteiger partial charge is 0.258 e. The van der Waals surface area contributed by atoms with Crippen LogP contribution in [0.5, 0.6) is 0 Å². The number of carbonyl (C=O) groups excluding carboxylic acids is 1. The van der Waals surface area contributed by atoms with Crippen molar-refractivity contribution in [1.82, 2.24) is 9.69 Å². The molecule has 0 bridgehead atoms. The summed E-state index contributed by atoms with van der Waals surface area (Å²) in [6.07, 6.45) is 1.99. The van der Waals surface area contributed by atoms with Gasteiger partial charge in [0.15, 0.2) is 5.82 Å². The molecule has 0 aliphatic rings. The number of methoxy groups -OCH3 is 1. The van der Waals surface area contributed by atoms with Crippen LogP contribution in [0.3, 0.4) is 0 Å². The van der Waals surface area contributed by atoms with Crippen LogP contribution >= 0.6 is 11.5 Å². The maximum atomic E-state index is 12.2. The zero-order valence-electron chi connectivity index (χ0n) is 12.5. The first-order valence-electron chi connectivity index (χ1n) is 6.81. The molecule has 1 aromatic rings. The highest BCUT2D eigenvalue weighted by atomic mass is 32.1. The molecule has 0 aromatic carbocycles. The summed E-state index contributed by atoms with van der Waals surface area (Å²) in [5, 5.41) is 6.86. The summed E-state index contributed by atoms with van der Waals surface area (Å²) in [6, 6.07) is 0.204. The Balaban J connectivity index is 2.87. The van der Waals surface area contributed by atoms with Crippen LogP contribution in [-0.2, 0) is 4.74 Å². The van der Waals surface area contributed by atoms with E-state index in [9.17, 15) is 4.79 Å². The van der Waals surface area contributed by atoms with E-state index in [1.54, 1.807) is 7.11 Å². The van der Waals surface area contributed by atoms with E-state index >= 15 is 0 Å². The molecular weight excluding hydrogens is 276 g/mol. The van der Waals surface area contributed by atoms with Crippen LogP contribution in [0.15, 0.2) is 0 Å². The molecule has 1 amide bonds. The lowest BCUT2D eigenvalue weighted by atomic mass is 10.1. The van der Waals surface area contributed by atoms with Crippen LogP contribution in [0.25, 0.3) is 0 Å². The third-order valence-corrected chi connectivity index (χ3v) is 3.50. The summed E-state index contributed by atoms with van der Waals surface area (Å²) in [5.74, 6) is 0.0738. The van der Waals surface area contributed by atoms with Crippen molar-refractivity contribution in [2.75, 3.05) is 24.8 Å². The number of hydrogen-bond acceptors (Lipinski definition) is 6. The Labute approximate surface area is 124 Å². The van der Waals surface area contributed by atoms with Crippen LogP contribution in [0, 0.1) is 0 Å². The van der Waals surface area contributed by atoms with Gasteiger partial charge in [-0.3, -0.25) is 4.79 Å². The summed E-state index contributed by atoms with van der Waals surface area (Å²) < 4.78 is 9.26. The molecule has 0 aliphatic heterocycles. The Morgan fingerprint density at radius 1 is 1.50 bits per heavy atom. The van der Waals surface area contributed by atoms with Crippen molar-refractivity contribution in [3.05, 3.63) is 5.56 Å². The number of nitrogens with two attached hydrogens (primary N) is 1. The van der Waals surface area contributed by atoms with E-state index in [-0.39, 0.29) is 23.8 Å². The summed E-state index contributed by atoms with van der Waals surface area (Å²) in [5.41, 5.74) is 6.24. The predicted molar refractivity (Wildman–Crippen MR) is 83.3 cm³/mol. The van der Waals surface area contributed by atoms with E-state index in [0.717, 1.165) is 12.8 Å². The van der Waals surface area contributed by atoms with Gasteiger partial charge in [0.05, 0.1) is 12.6 Å². The average molecular weight is 300 g/mol. The lowest BCUT2D eigenvalue weighted by molar-refractivity contribution is 0.0945. The number of ether oxygens (including phenoxy) is 1. The quantitative estimate of drug-likeness (QED) is 0.684. The Hall–Kier alpha value is -1.34. The summed E-state index contributed by atoms with van der Waals surface area (Å²) >= 11 is 1.21. The molecule has 1 rings (SSSR count). The molecule has 20 heavy (non-hydrogen) atoms. The highest BCUT2D eigenvalue weighted by molar-refractivity contribution is 7.11. The largest absolute Gasteiger partial charge is 0.383 e. The molecule has 1 unspecified atom stereocenters. The SMILES string of the molecule is CCCC(COC)Nc1snc(N)c1C(=O)NC(C)C. The molecule has 0 aliphatic carbocycles. The van der Waals surface area contributed by atoms with Gasteiger partial charge in [0.1, 0.15) is 10.6 Å². The number of anilines is 2. The monoisotopic (exact) mass is 300 g/mol. The minimum absolute atomic E-state index is 0.0556. The lowest BCUT2D eigenvalue weighted by Gasteiger charge is -2.18. The molecule has 0 fully saturated rings. The number of hydrogen-bond donors (Lipinski definition) is 3. The van der Waals surface area contributed by atoms with E-state index in [4.69, 9.17) is 10.5 Å². The molecule has 6 nitrogen and oxygen atoms in total. The number of amides is 1. The van der Waals surface area contributed by atoms with Gasteiger partial charge in [-0.05, 0) is 31.8 Å². The molecule has 114 valence electrons. The molecule has 4 N–H and O–H groups in total. The number of rotatable bonds is 8. The topological polar surface area (TPSA) is 89.3 Å². The lowest BCUT2D eigenvalue weighted by Crippen LogP contribution is -2.32. The third kappa shape index (κ3) is 4.64. The van der Waals surface area contributed by atoms with E-state index in [1.165, 1.54) is 11.5 Å². The average Bonchev–Trinajstić information content (AvgIpc) is 2.70. The Morgan fingerprint density at radius 3 is 2.75 bits per heavy atom. The maximum absolute atomic E-state index is 12.2. The fraction of sp³-hybridized carbons (Fsp3) is 0.692.